The third kappa shape index (κ3) is 2.94. The van der Waals surface area contributed by atoms with Gasteiger partial charge in [-0.15, -0.1) is 0 Å². The molecule has 0 fully saturated rings. The third-order valence-electron chi connectivity index (χ3n) is 3.90. The van der Waals surface area contributed by atoms with Crippen LogP contribution in [0.5, 0.6) is 0 Å². The van der Waals surface area contributed by atoms with E-state index in [-0.39, 0.29) is 11.8 Å². The summed E-state index contributed by atoms with van der Waals surface area (Å²) in [7, 11) is 0. The quantitative estimate of drug-likeness (QED) is 0.670. The van der Waals surface area contributed by atoms with Crippen molar-refractivity contribution in [2.75, 3.05) is 0 Å². The van der Waals surface area contributed by atoms with E-state index < -0.39 is 0 Å². The minimum atomic E-state index is -0.101. The average molecular weight is 276 g/mol. The summed E-state index contributed by atoms with van der Waals surface area (Å²) in [5.74, 6) is -0.201. The van der Waals surface area contributed by atoms with E-state index in [1.807, 2.05) is 0 Å². The van der Waals surface area contributed by atoms with Crippen LogP contribution in [-0.4, -0.2) is 11.8 Å². The fourth-order valence-electron chi connectivity index (χ4n) is 2.81. The van der Waals surface area contributed by atoms with Crippen molar-refractivity contribution in [3.8, 4) is 0 Å². The Morgan fingerprint density at radius 2 is 1.10 bits per heavy atom. The van der Waals surface area contributed by atoms with Gasteiger partial charge in [0.25, 0.3) is 11.8 Å². The van der Waals surface area contributed by atoms with E-state index in [4.69, 9.17) is 0 Å². The van der Waals surface area contributed by atoms with Crippen molar-refractivity contribution in [2.45, 2.75) is 65.2 Å². The van der Waals surface area contributed by atoms with Crippen molar-refractivity contribution >= 4 is 11.8 Å². The van der Waals surface area contributed by atoms with Crippen molar-refractivity contribution in [1.29, 1.82) is 0 Å². The molecule has 20 heavy (non-hydrogen) atoms. The molecule has 110 valence electrons. The molecule has 0 radical (unpaired) electrons. The summed E-state index contributed by atoms with van der Waals surface area (Å²) in [6.07, 6.45) is 8.11. The molecule has 2 rings (SSSR count). The van der Waals surface area contributed by atoms with Crippen LogP contribution in [0, 0.1) is 0 Å². The first-order valence-corrected chi connectivity index (χ1v) is 7.78. The number of allylic oxidation sites excluding steroid dienone is 2. The predicted molar refractivity (Wildman–Crippen MR) is 78.6 cm³/mol. The van der Waals surface area contributed by atoms with Crippen molar-refractivity contribution in [3.05, 3.63) is 22.5 Å². The SMILES string of the molecule is CCCCCC1=C2C(=O)NC(CCCCC)=C2C(=O)N1. The van der Waals surface area contributed by atoms with Gasteiger partial charge in [0.2, 0.25) is 0 Å². The van der Waals surface area contributed by atoms with Gasteiger partial charge in [-0.2, -0.15) is 0 Å². The fourth-order valence-corrected chi connectivity index (χ4v) is 2.81. The lowest BCUT2D eigenvalue weighted by molar-refractivity contribution is -0.117. The molecule has 2 N–H and O–H groups in total. The molecular formula is C16H24N2O2. The maximum absolute atomic E-state index is 12.1. The monoisotopic (exact) mass is 276 g/mol. The lowest BCUT2D eigenvalue weighted by Gasteiger charge is -2.06. The van der Waals surface area contributed by atoms with Gasteiger partial charge < -0.3 is 10.6 Å². The number of hydrogen-bond acceptors (Lipinski definition) is 2. The summed E-state index contributed by atoms with van der Waals surface area (Å²) < 4.78 is 0. The second-order valence-electron chi connectivity index (χ2n) is 5.53. The molecule has 0 aliphatic carbocycles. The molecule has 2 aliphatic heterocycles. The number of carbonyl (C=O) groups is 2. The van der Waals surface area contributed by atoms with Crippen LogP contribution in [0.1, 0.15) is 65.2 Å². The molecular weight excluding hydrogens is 252 g/mol. The summed E-state index contributed by atoms with van der Waals surface area (Å²) in [4.78, 5) is 24.2. The predicted octanol–water partition coefficient (Wildman–Crippen LogP) is 2.91. The molecule has 0 saturated heterocycles. The Balaban J connectivity index is 2.13. The maximum Gasteiger partial charge on any atom is 0.258 e. The molecule has 0 bridgehead atoms. The van der Waals surface area contributed by atoms with Crippen molar-refractivity contribution < 1.29 is 9.59 Å². The minimum absolute atomic E-state index is 0.101. The highest BCUT2D eigenvalue weighted by Gasteiger charge is 2.38. The standard InChI is InChI=1S/C16H24N2O2/c1-3-5-7-9-11-13-14(16(20)17-11)12(18-15(13)19)10-8-6-4-2/h3-10H2,1-2H3,(H,17,20)(H,18,19). The second-order valence-corrected chi connectivity index (χ2v) is 5.53. The van der Waals surface area contributed by atoms with Crippen molar-refractivity contribution in [1.82, 2.24) is 10.6 Å². The Bertz CT molecular complexity index is 431. The van der Waals surface area contributed by atoms with Crippen LogP contribution in [0.3, 0.4) is 0 Å². The number of hydrogen-bond donors (Lipinski definition) is 2. The largest absolute Gasteiger partial charge is 0.325 e. The maximum atomic E-state index is 12.1. The number of rotatable bonds is 8. The molecule has 2 heterocycles. The Morgan fingerprint density at radius 1 is 0.700 bits per heavy atom. The molecule has 0 saturated carbocycles. The molecule has 4 heteroatoms. The van der Waals surface area contributed by atoms with Crippen LogP contribution in [0.2, 0.25) is 0 Å². The van der Waals surface area contributed by atoms with Gasteiger partial charge in [0.05, 0.1) is 11.1 Å². The van der Waals surface area contributed by atoms with E-state index in [1.165, 1.54) is 0 Å². The summed E-state index contributed by atoms with van der Waals surface area (Å²) >= 11 is 0. The topological polar surface area (TPSA) is 58.2 Å². The summed E-state index contributed by atoms with van der Waals surface area (Å²) in [5, 5.41) is 5.78. The van der Waals surface area contributed by atoms with E-state index in [2.05, 4.69) is 24.5 Å². The first kappa shape index (κ1) is 14.8. The van der Waals surface area contributed by atoms with E-state index >= 15 is 0 Å². The second kappa shape index (κ2) is 6.73. The van der Waals surface area contributed by atoms with Gasteiger partial charge >= 0.3 is 0 Å². The lowest BCUT2D eigenvalue weighted by atomic mass is 10.0. The van der Waals surface area contributed by atoms with Crippen LogP contribution in [0.15, 0.2) is 22.5 Å². The zero-order valence-corrected chi connectivity index (χ0v) is 12.5. The smallest absolute Gasteiger partial charge is 0.258 e. The molecule has 0 spiro atoms. The van der Waals surface area contributed by atoms with Crippen molar-refractivity contribution in [3.63, 3.8) is 0 Å². The Kier molecular flexibility index (Phi) is 4.99. The third-order valence-corrected chi connectivity index (χ3v) is 3.90. The first-order valence-electron chi connectivity index (χ1n) is 7.78. The van der Waals surface area contributed by atoms with Gasteiger partial charge in [-0.3, -0.25) is 9.59 Å². The number of unbranched alkanes of at least 4 members (excludes halogenated alkanes) is 4. The van der Waals surface area contributed by atoms with E-state index in [0.717, 1.165) is 62.8 Å². The Labute approximate surface area is 120 Å². The highest BCUT2D eigenvalue weighted by Crippen LogP contribution is 2.32. The summed E-state index contributed by atoms with van der Waals surface area (Å²) in [6, 6.07) is 0. The van der Waals surface area contributed by atoms with Gasteiger partial charge in [0, 0.05) is 11.4 Å². The molecule has 0 aromatic heterocycles. The van der Waals surface area contributed by atoms with E-state index in [9.17, 15) is 9.59 Å². The first-order chi connectivity index (χ1) is 9.69. The fraction of sp³-hybridized carbons (Fsp3) is 0.625. The molecule has 4 nitrogen and oxygen atoms in total. The number of fused-ring (bicyclic) bond motifs is 1. The van der Waals surface area contributed by atoms with Crippen LogP contribution in [0.25, 0.3) is 0 Å². The average Bonchev–Trinajstić information content (AvgIpc) is 2.91. The van der Waals surface area contributed by atoms with Gasteiger partial charge in [0.15, 0.2) is 0 Å². The Morgan fingerprint density at radius 3 is 1.45 bits per heavy atom. The van der Waals surface area contributed by atoms with Gasteiger partial charge in [-0.05, 0) is 25.7 Å². The van der Waals surface area contributed by atoms with Crippen LogP contribution in [-0.2, 0) is 9.59 Å². The highest BCUT2D eigenvalue weighted by atomic mass is 16.2. The normalized spacial score (nSPS) is 17.7. The van der Waals surface area contributed by atoms with Crippen molar-refractivity contribution in [2.24, 2.45) is 0 Å². The van der Waals surface area contributed by atoms with Crippen LogP contribution < -0.4 is 10.6 Å². The van der Waals surface area contributed by atoms with Gasteiger partial charge in [-0.25, -0.2) is 0 Å². The summed E-state index contributed by atoms with van der Waals surface area (Å²) in [5.41, 5.74) is 2.86. The number of amides is 2. The van der Waals surface area contributed by atoms with E-state index in [1.54, 1.807) is 0 Å². The minimum Gasteiger partial charge on any atom is -0.325 e. The molecule has 0 atom stereocenters. The molecule has 2 amide bonds. The Hall–Kier alpha value is -1.58. The van der Waals surface area contributed by atoms with Gasteiger partial charge in [0.1, 0.15) is 0 Å². The lowest BCUT2D eigenvalue weighted by Crippen LogP contribution is -2.22. The van der Waals surface area contributed by atoms with Crippen LogP contribution in [0.4, 0.5) is 0 Å². The van der Waals surface area contributed by atoms with Gasteiger partial charge in [-0.1, -0.05) is 39.5 Å². The molecule has 0 aromatic rings. The molecule has 0 aromatic carbocycles. The highest BCUT2D eigenvalue weighted by molar-refractivity contribution is 6.19. The molecule has 0 unspecified atom stereocenters. The number of carbonyl (C=O) groups excluding carboxylic acids is 2. The van der Waals surface area contributed by atoms with E-state index in [0.29, 0.717) is 11.1 Å². The number of nitrogens with one attached hydrogen (secondary N) is 2. The molecule has 2 aliphatic rings. The zero-order chi connectivity index (χ0) is 14.5. The summed E-state index contributed by atoms with van der Waals surface area (Å²) in [6.45, 7) is 4.29. The zero-order valence-electron chi connectivity index (χ0n) is 12.5. The van der Waals surface area contributed by atoms with Crippen LogP contribution >= 0.6 is 0 Å².